The molecule has 3 heterocycles. The van der Waals surface area contributed by atoms with E-state index in [1.54, 1.807) is 11.3 Å². The van der Waals surface area contributed by atoms with Crippen molar-refractivity contribution in [1.29, 1.82) is 0 Å². The number of amides is 1. The van der Waals surface area contributed by atoms with E-state index in [9.17, 15) is 4.79 Å². The van der Waals surface area contributed by atoms with Gasteiger partial charge in [0, 0.05) is 22.3 Å². The molecule has 112 valence electrons. The summed E-state index contributed by atoms with van der Waals surface area (Å²) >= 11 is 1.74. The lowest BCUT2D eigenvalue weighted by Crippen LogP contribution is -2.30. The number of aromatic amines is 1. The molecule has 4 heteroatoms. The minimum atomic E-state index is 0.116. The number of aryl methyl sites for hydroxylation is 1. The quantitative estimate of drug-likeness (QED) is 0.742. The fraction of sp³-hybridized carbons (Fsp3) is 0.278. The van der Waals surface area contributed by atoms with E-state index in [1.807, 2.05) is 11.0 Å². The van der Waals surface area contributed by atoms with Gasteiger partial charge in [-0.1, -0.05) is 18.2 Å². The highest BCUT2D eigenvalue weighted by atomic mass is 32.1. The molecule has 1 amide bonds. The van der Waals surface area contributed by atoms with E-state index >= 15 is 0 Å². The second-order valence-electron chi connectivity index (χ2n) is 5.95. The number of carbonyl (C=O) groups is 1. The van der Waals surface area contributed by atoms with Gasteiger partial charge in [0.2, 0.25) is 0 Å². The van der Waals surface area contributed by atoms with Gasteiger partial charge in [-0.3, -0.25) is 4.79 Å². The number of carbonyl (C=O) groups excluding carboxylic acids is 1. The summed E-state index contributed by atoms with van der Waals surface area (Å²) in [7, 11) is 0. The van der Waals surface area contributed by atoms with Gasteiger partial charge in [-0.25, -0.2) is 0 Å². The van der Waals surface area contributed by atoms with Crippen molar-refractivity contribution in [3.8, 4) is 0 Å². The lowest BCUT2D eigenvalue weighted by Gasteiger charge is -2.23. The van der Waals surface area contributed by atoms with Crippen molar-refractivity contribution >= 4 is 28.1 Å². The molecule has 0 saturated carbocycles. The van der Waals surface area contributed by atoms with Gasteiger partial charge in [0.1, 0.15) is 5.69 Å². The van der Waals surface area contributed by atoms with Crippen molar-refractivity contribution in [2.45, 2.75) is 25.8 Å². The molecule has 0 bridgehead atoms. The maximum Gasteiger partial charge on any atom is 0.270 e. The van der Waals surface area contributed by atoms with Gasteiger partial charge >= 0.3 is 0 Å². The summed E-state index contributed by atoms with van der Waals surface area (Å²) in [5.41, 5.74) is 2.94. The topological polar surface area (TPSA) is 36.1 Å². The van der Waals surface area contributed by atoms with Crippen LogP contribution >= 0.6 is 11.3 Å². The van der Waals surface area contributed by atoms with Gasteiger partial charge in [-0.15, -0.1) is 11.3 Å². The summed E-state index contributed by atoms with van der Waals surface area (Å²) in [6, 6.07) is 12.6. The second-order valence-corrected chi connectivity index (χ2v) is 6.92. The monoisotopic (exact) mass is 310 g/mol. The third-order valence-electron chi connectivity index (χ3n) is 4.39. The van der Waals surface area contributed by atoms with E-state index < -0.39 is 0 Å². The van der Waals surface area contributed by atoms with E-state index in [1.165, 1.54) is 10.4 Å². The van der Waals surface area contributed by atoms with Crippen LogP contribution in [0.15, 0.2) is 41.8 Å². The zero-order valence-corrected chi connectivity index (χ0v) is 13.3. The molecule has 1 aliphatic heterocycles. The second kappa shape index (κ2) is 5.29. The molecule has 1 atom stereocenters. The van der Waals surface area contributed by atoms with Gasteiger partial charge in [-0.2, -0.15) is 0 Å². The van der Waals surface area contributed by atoms with Crippen molar-refractivity contribution in [3.05, 3.63) is 57.9 Å². The summed E-state index contributed by atoms with van der Waals surface area (Å²) in [5.74, 6) is 0.116. The number of likely N-dealkylation sites (tertiary alicyclic amines) is 1. The Kier molecular flexibility index (Phi) is 3.26. The van der Waals surface area contributed by atoms with Crippen LogP contribution in [-0.4, -0.2) is 22.3 Å². The summed E-state index contributed by atoms with van der Waals surface area (Å²) in [5, 5.41) is 3.18. The number of hydrogen-bond donors (Lipinski definition) is 1. The molecule has 1 N–H and O–H groups in total. The Morgan fingerprint density at radius 2 is 2.23 bits per heavy atom. The number of aromatic nitrogens is 1. The molecule has 1 unspecified atom stereocenters. The zero-order valence-electron chi connectivity index (χ0n) is 12.5. The largest absolute Gasteiger partial charge is 0.351 e. The fourth-order valence-electron chi connectivity index (χ4n) is 3.30. The number of rotatable bonds is 2. The van der Waals surface area contributed by atoms with Crippen molar-refractivity contribution in [1.82, 2.24) is 9.88 Å². The number of benzene rings is 1. The lowest BCUT2D eigenvalue weighted by molar-refractivity contribution is 0.0733. The highest BCUT2D eigenvalue weighted by Crippen LogP contribution is 2.35. The van der Waals surface area contributed by atoms with Crippen LogP contribution in [0.2, 0.25) is 0 Å². The van der Waals surface area contributed by atoms with E-state index in [4.69, 9.17) is 0 Å². The fourth-order valence-corrected chi connectivity index (χ4v) is 4.17. The highest BCUT2D eigenvalue weighted by molar-refractivity contribution is 7.10. The Morgan fingerprint density at radius 3 is 3.05 bits per heavy atom. The lowest BCUT2D eigenvalue weighted by atomic mass is 10.1. The smallest absolute Gasteiger partial charge is 0.270 e. The molecule has 2 aromatic heterocycles. The van der Waals surface area contributed by atoms with Crippen molar-refractivity contribution in [3.63, 3.8) is 0 Å². The zero-order chi connectivity index (χ0) is 15.1. The van der Waals surface area contributed by atoms with Crippen LogP contribution in [0.5, 0.6) is 0 Å². The molecule has 0 aliphatic carbocycles. The number of thiophene rings is 1. The first-order valence-electron chi connectivity index (χ1n) is 7.66. The molecular formula is C18H18N2OS. The molecule has 1 saturated heterocycles. The molecular weight excluding hydrogens is 292 g/mol. The van der Waals surface area contributed by atoms with Crippen LogP contribution in [0.25, 0.3) is 10.9 Å². The number of H-pyrrole nitrogens is 1. The molecule has 4 rings (SSSR count). The standard InChI is InChI=1S/C18H18N2OS/c1-12-6-7-13-11-15(19-14(13)10-12)18(21)20-8-2-4-16(20)17-5-3-9-22-17/h3,5-7,9-11,16,19H,2,4,8H2,1H3. The average molecular weight is 310 g/mol. The predicted molar refractivity (Wildman–Crippen MR) is 90.4 cm³/mol. The summed E-state index contributed by atoms with van der Waals surface area (Å²) in [6.45, 7) is 2.91. The van der Waals surface area contributed by atoms with Crippen molar-refractivity contribution < 1.29 is 4.79 Å². The third kappa shape index (κ3) is 2.24. The predicted octanol–water partition coefficient (Wildman–Crippen LogP) is 4.52. The average Bonchev–Trinajstić information content (AvgIpc) is 3.24. The molecule has 0 radical (unpaired) electrons. The van der Waals surface area contributed by atoms with E-state index in [0.29, 0.717) is 5.69 Å². The van der Waals surface area contributed by atoms with Crippen LogP contribution in [0.4, 0.5) is 0 Å². The molecule has 1 aliphatic rings. The van der Waals surface area contributed by atoms with Crippen molar-refractivity contribution in [2.75, 3.05) is 6.54 Å². The first-order chi connectivity index (χ1) is 10.7. The summed E-state index contributed by atoms with van der Waals surface area (Å²) < 4.78 is 0. The first kappa shape index (κ1) is 13.6. The Morgan fingerprint density at radius 1 is 1.32 bits per heavy atom. The first-order valence-corrected chi connectivity index (χ1v) is 8.54. The van der Waals surface area contributed by atoms with E-state index in [-0.39, 0.29) is 11.9 Å². The Hall–Kier alpha value is -2.07. The van der Waals surface area contributed by atoms with Crippen molar-refractivity contribution in [2.24, 2.45) is 0 Å². The Bertz CT molecular complexity index is 819. The highest BCUT2D eigenvalue weighted by Gasteiger charge is 2.31. The number of nitrogens with zero attached hydrogens (tertiary/aromatic N) is 1. The van der Waals surface area contributed by atoms with Gasteiger partial charge in [0.25, 0.3) is 5.91 Å². The molecule has 0 spiro atoms. The van der Waals surface area contributed by atoms with Crippen LogP contribution in [0, 0.1) is 6.92 Å². The molecule has 1 aromatic carbocycles. The molecule has 1 fully saturated rings. The number of nitrogens with one attached hydrogen (secondary N) is 1. The van der Waals surface area contributed by atoms with Gasteiger partial charge in [-0.05, 0) is 48.9 Å². The van der Waals surface area contributed by atoms with E-state index in [2.05, 4.69) is 47.6 Å². The maximum atomic E-state index is 12.9. The van der Waals surface area contributed by atoms with Crippen LogP contribution in [-0.2, 0) is 0 Å². The molecule has 22 heavy (non-hydrogen) atoms. The van der Waals surface area contributed by atoms with Gasteiger partial charge in [0.15, 0.2) is 0 Å². The number of hydrogen-bond acceptors (Lipinski definition) is 2. The molecule has 3 nitrogen and oxygen atoms in total. The van der Waals surface area contributed by atoms with Gasteiger partial charge in [0.05, 0.1) is 6.04 Å². The summed E-state index contributed by atoms with van der Waals surface area (Å²) in [6.07, 6.45) is 2.14. The van der Waals surface area contributed by atoms with Gasteiger partial charge < -0.3 is 9.88 Å². The van der Waals surface area contributed by atoms with Crippen LogP contribution in [0.1, 0.15) is 39.8 Å². The van der Waals surface area contributed by atoms with E-state index in [0.717, 1.165) is 30.3 Å². The Labute approximate surface area is 133 Å². The summed E-state index contributed by atoms with van der Waals surface area (Å²) in [4.78, 5) is 19.5. The minimum absolute atomic E-state index is 0.116. The minimum Gasteiger partial charge on any atom is -0.351 e. The normalized spacial score (nSPS) is 18.2. The van der Waals surface area contributed by atoms with Crippen LogP contribution < -0.4 is 0 Å². The Balaban J connectivity index is 1.67. The SMILES string of the molecule is Cc1ccc2cc(C(=O)N3CCCC3c3cccs3)[nH]c2c1. The molecule has 3 aromatic rings. The van der Waals surface area contributed by atoms with Crippen LogP contribution in [0.3, 0.4) is 0 Å². The maximum absolute atomic E-state index is 12.9. The number of fused-ring (bicyclic) bond motifs is 1. The third-order valence-corrected chi connectivity index (χ3v) is 5.37.